The number of aliphatic hydroxyl groups is 1. The molecule has 232 valence electrons. The van der Waals surface area contributed by atoms with Crippen molar-refractivity contribution in [1.82, 2.24) is 14.5 Å². The van der Waals surface area contributed by atoms with Crippen LogP contribution in [0.5, 0.6) is 0 Å². The topological polar surface area (TPSA) is 78.6 Å². The molecule has 3 heterocycles. The summed E-state index contributed by atoms with van der Waals surface area (Å²) >= 11 is 31.5. The molecule has 0 amide bonds. The highest BCUT2D eigenvalue weighted by Gasteiger charge is 2.55. The van der Waals surface area contributed by atoms with Gasteiger partial charge in [-0.3, -0.25) is 0 Å². The summed E-state index contributed by atoms with van der Waals surface area (Å²) in [7, 11) is -1.73. The van der Waals surface area contributed by atoms with Crippen LogP contribution < -0.4 is 0 Å². The Morgan fingerprint density at radius 3 is 2.23 bits per heavy atom. The summed E-state index contributed by atoms with van der Waals surface area (Å²) in [4.78, 5) is 8.67. The summed E-state index contributed by atoms with van der Waals surface area (Å²) in [5, 5.41) is 14.9. The van der Waals surface area contributed by atoms with Crippen molar-refractivity contribution < 1.29 is 19.3 Å². The molecule has 0 bridgehead atoms. The summed E-state index contributed by atoms with van der Waals surface area (Å²) < 4.78 is 20.7. The zero-order chi connectivity index (χ0) is 31.8. The maximum atomic E-state index is 12.1. The molecular formula is C31H30Cl5N3O4Si. The molecule has 0 radical (unpaired) electrons. The first kappa shape index (κ1) is 33.5. The van der Waals surface area contributed by atoms with Gasteiger partial charge in [-0.2, -0.15) is 0 Å². The number of hydrogen-bond acceptors (Lipinski definition) is 6. The minimum atomic E-state index is -1.73. The molecule has 4 atom stereocenters. The second kappa shape index (κ2) is 13.5. The highest BCUT2D eigenvalue weighted by molar-refractivity contribution is 6.83. The van der Waals surface area contributed by atoms with Gasteiger partial charge in [0, 0.05) is 26.3 Å². The van der Waals surface area contributed by atoms with Gasteiger partial charge in [-0.1, -0.05) is 95.7 Å². The molecule has 2 aromatic carbocycles. The lowest BCUT2D eigenvalue weighted by molar-refractivity contribution is -0.114. The molecule has 0 saturated carbocycles. The predicted molar refractivity (Wildman–Crippen MR) is 178 cm³/mol. The van der Waals surface area contributed by atoms with Crippen LogP contribution in [0, 0.1) is 11.5 Å². The molecular weight excluding hydrogens is 684 g/mol. The van der Waals surface area contributed by atoms with Crippen molar-refractivity contribution in [3.8, 4) is 11.5 Å². The Bertz CT molecular complexity index is 1750. The molecule has 0 aliphatic carbocycles. The second-order valence-electron chi connectivity index (χ2n) is 11.8. The minimum absolute atomic E-state index is 0.0852. The van der Waals surface area contributed by atoms with Crippen molar-refractivity contribution in [1.29, 1.82) is 0 Å². The molecule has 4 aromatic rings. The fourth-order valence-electron chi connectivity index (χ4n) is 4.96. The number of fused-ring (bicyclic) bond motifs is 1. The molecule has 1 saturated heterocycles. The summed E-state index contributed by atoms with van der Waals surface area (Å²) in [6.45, 7) is 8.49. The highest BCUT2D eigenvalue weighted by atomic mass is 35.5. The Kier molecular flexibility index (Phi) is 10.2. The van der Waals surface area contributed by atoms with E-state index in [1.54, 1.807) is 54.1 Å². The van der Waals surface area contributed by atoms with Gasteiger partial charge < -0.3 is 23.9 Å². The van der Waals surface area contributed by atoms with E-state index in [2.05, 4.69) is 41.1 Å². The van der Waals surface area contributed by atoms with Gasteiger partial charge in [-0.05, 0) is 42.3 Å². The molecule has 5 rings (SSSR count). The summed E-state index contributed by atoms with van der Waals surface area (Å²) in [6.07, 6.45) is 0.691. The van der Waals surface area contributed by atoms with Crippen LogP contribution in [0.4, 0.5) is 0 Å². The monoisotopic (exact) mass is 711 g/mol. The molecule has 7 nitrogen and oxygen atoms in total. The Hall–Kier alpha value is -1.87. The maximum absolute atomic E-state index is 12.1. The van der Waals surface area contributed by atoms with Crippen LogP contribution in [0.15, 0.2) is 48.9 Å². The van der Waals surface area contributed by atoms with Crippen LogP contribution in [0.2, 0.25) is 44.9 Å². The lowest BCUT2D eigenvalue weighted by Crippen LogP contribution is -2.46. The molecule has 1 aliphatic heterocycles. The number of benzene rings is 2. The molecule has 13 heteroatoms. The SMILES string of the molecule is CC1(O)C(OCc2ccc(Cl)cc2Cl)C(COCc2ccc(Cl)cc2Cl)OC1n1cc(C#C[Si](C)(C)C)c2c(Cl)ncnc21. The van der Waals surface area contributed by atoms with Crippen molar-refractivity contribution in [2.45, 2.75) is 63.8 Å². The first-order chi connectivity index (χ1) is 20.7. The summed E-state index contributed by atoms with van der Waals surface area (Å²) in [6, 6.07) is 10.4. The number of halogens is 5. The van der Waals surface area contributed by atoms with E-state index in [9.17, 15) is 5.11 Å². The van der Waals surface area contributed by atoms with Crippen LogP contribution in [-0.2, 0) is 27.4 Å². The Balaban J connectivity index is 1.48. The first-order valence-electron chi connectivity index (χ1n) is 13.7. The van der Waals surface area contributed by atoms with Crippen molar-refractivity contribution in [3.63, 3.8) is 0 Å². The van der Waals surface area contributed by atoms with Gasteiger partial charge in [0.25, 0.3) is 0 Å². The lowest BCUT2D eigenvalue weighted by Gasteiger charge is -2.30. The Morgan fingerprint density at radius 1 is 0.977 bits per heavy atom. The van der Waals surface area contributed by atoms with Crippen LogP contribution >= 0.6 is 58.0 Å². The van der Waals surface area contributed by atoms with E-state index in [-0.39, 0.29) is 25.0 Å². The lowest BCUT2D eigenvalue weighted by atomic mass is 9.96. The molecule has 1 N–H and O–H groups in total. The highest BCUT2D eigenvalue weighted by Crippen LogP contribution is 2.43. The van der Waals surface area contributed by atoms with E-state index in [0.29, 0.717) is 42.3 Å². The number of hydrogen-bond donors (Lipinski definition) is 1. The fraction of sp³-hybridized carbons (Fsp3) is 0.355. The van der Waals surface area contributed by atoms with Gasteiger partial charge in [0.15, 0.2) is 6.23 Å². The number of nitrogens with zero attached hydrogens (tertiary/aromatic N) is 3. The van der Waals surface area contributed by atoms with E-state index >= 15 is 0 Å². The molecule has 44 heavy (non-hydrogen) atoms. The van der Waals surface area contributed by atoms with E-state index in [1.807, 2.05) is 0 Å². The van der Waals surface area contributed by atoms with E-state index in [0.717, 1.165) is 5.56 Å². The standard InChI is InChI=1S/C31H30Cl5N3O4Si/c1-31(40)27(42-15-20-6-8-22(33)12-24(20)35)25(16-41-14-19-5-7-21(32)11-23(19)34)43-30(31)39-13-18(9-10-44(2,3)4)26-28(36)37-17-38-29(26)39/h5-8,11-13,17,25,27,30,40H,14-16H2,1-4H3. The second-order valence-corrected chi connectivity index (χ2v) is 18.6. The smallest absolute Gasteiger partial charge is 0.167 e. The van der Waals surface area contributed by atoms with Gasteiger partial charge in [0.2, 0.25) is 0 Å². The van der Waals surface area contributed by atoms with Crippen LogP contribution in [0.1, 0.15) is 29.8 Å². The average molecular weight is 714 g/mol. The van der Waals surface area contributed by atoms with Gasteiger partial charge in [-0.15, -0.1) is 5.54 Å². The molecule has 2 aromatic heterocycles. The maximum Gasteiger partial charge on any atom is 0.167 e. The third-order valence-electron chi connectivity index (χ3n) is 7.09. The Labute approximate surface area is 282 Å². The van der Waals surface area contributed by atoms with Crippen molar-refractivity contribution >= 4 is 77.1 Å². The van der Waals surface area contributed by atoms with Crippen molar-refractivity contribution in [2.24, 2.45) is 0 Å². The third kappa shape index (κ3) is 7.40. The minimum Gasteiger partial charge on any atom is -0.383 e. The predicted octanol–water partition coefficient (Wildman–Crippen LogP) is 8.38. The van der Waals surface area contributed by atoms with E-state index < -0.39 is 32.1 Å². The van der Waals surface area contributed by atoms with E-state index in [4.69, 9.17) is 72.2 Å². The number of ether oxygens (including phenoxy) is 3. The van der Waals surface area contributed by atoms with Gasteiger partial charge in [0.1, 0.15) is 43.0 Å². The zero-order valence-electron chi connectivity index (χ0n) is 24.4. The van der Waals surface area contributed by atoms with Crippen LogP contribution in [0.3, 0.4) is 0 Å². The molecule has 1 aliphatic rings. The molecule has 4 unspecified atom stereocenters. The third-order valence-corrected chi connectivity index (χ3v) is 9.43. The van der Waals surface area contributed by atoms with Crippen molar-refractivity contribution in [2.75, 3.05) is 6.61 Å². The van der Waals surface area contributed by atoms with Crippen LogP contribution in [0.25, 0.3) is 11.0 Å². The quantitative estimate of drug-likeness (QED) is 0.112. The number of rotatable bonds is 8. The van der Waals surface area contributed by atoms with E-state index in [1.165, 1.54) is 6.33 Å². The van der Waals surface area contributed by atoms with Gasteiger partial charge in [-0.25, -0.2) is 9.97 Å². The zero-order valence-corrected chi connectivity index (χ0v) is 29.2. The van der Waals surface area contributed by atoms with Gasteiger partial charge >= 0.3 is 0 Å². The largest absolute Gasteiger partial charge is 0.383 e. The Morgan fingerprint density at radius 2 is 1.61 bits per heavy atom. The number of aromatic nitrogens is 3. The molecule has 1 fully saturated rings. The normalized spacial score (nSPS) is 21.9. The summed E-state index contributed by atoms with van der Waals surface area (Å²) in [5.41, 5.74) is 4.40. The van der Waals surface area contributed by atoms with Crippen LogP contribution in [-0.4, -0.2) is 52.1 Å². The van der Waals surface area contributed by atoms with Crippen molar-refractivity contribution in [3.05, 3.63) is 90.9 Å². The van der Waals surface area contributed by atoms with Gasteiger partial charge in [0.05, 0.1) is 30.8 Å². The first-order valence-corrected chi connectivity index (χ1v) is 19.1. The molecule has 0 spiro atoms. The average Bonchev–Trinajstić information content (AvgIpc) is 3.42. The fourth-order valence-corrected chi connectivity index (χ4v) is 6.63. The summed E-state index contributed by atoms with van der Waals surface area (Å²) in [5.74, 6) is 3.27.